The van der Waals surface area contributed by atoms with Crippen LogP contribution in [0.4, 0.5) is 5.82 Å². The normalized spacial score (nSPS) is 15.2. The highest BCUT2D eigenvalue weighted by Gasteiger charge is 2.35. The lowest BCUT2D eigenvalue weighted by Gasteiger charge is -2.36. The number of hydrogen-bond donors (Lipinski definition) is 0. The summed E-state index contributed by atoms with van der Waals surface area (Å²) in [5, 5.41) is 0.0455. The van der Waals surface area contributed by atoms with E-state index in [0.717, 1.165) is 46.7 Å². The first-order valence-corrected chi connectivity index (χ1v) is 12.5. The quantitative estimate of drug-likeness (QED) is 0.364. The van der Waals surface area contributed by atoms with Crippen LogP contribution in [0.3, 0.4) is 0 Å². The third-order valence-corrected chi connectivity index (χ3v) is 8.83. The summed E-state index contributed by atoms with van der Waals surface area (Å²) in [6.07, 6.45) is 0.876. The lowest BCUT2D eigenvalue weighted by molar-refractivity contribution is 0.112. The van der Waals surface area contributed by atoms with Crippen molar-refractivity contribution in [3.8, 4) is 17.1 Å². The summed E-state index contributed by atoms with van der Waals surface area (Å²) in [7, 11) is 0.330. The van der Waals surface area contributed by atoms with Crippen LogP contribution in [0.2, 0.25) is 5.04 Å². The van der Waals surface area contributed by atoms with Crippen LogP contribution in [0.1, 0.15) is 44.3 Å². The second-order valence-electron chi connectivity index (χ2n) is 9.56. The molecular weight excluding hydrogens is 438 g/mol. The Morgan fingerprint density at radius 2 is 1.88 bits per heavy atom. The highest BCUT2D eigenvalue weighted by molar-refractivity contribution is 7.21. The van der Waals surface area contributed by atoms with Gasteiger partial charge in [0.05, 0.1) is 28.3 Å². The first-order valence-electron chi connectivity index (χ1n) is 10.8. The molecular formula is C24H29N3O3SSi. The van der Waals surface area contributed by atoms with Gasteiger partial charge in [0.2, 0.25) is 0 Å². The average Bonchev–Trinajstić information content (AvgIpc) is 3.20. The van der Waals surface area contributed by atoms with Gasteiger partial charge >= 0.3 is 9.76 Å². The largest absolute Gasteiger partial charge is 0.540 e. The first kappa shape index (κ1) is 22.9. The molecule has 168 valence electrons. The Kier molecular flexibility index (Phi) is 6.38. The van der Waals surface area contributed by atoms with Crippen molar-refractivity contribution in [3.63, 3.8) is 0 Å². The third-order valence-electron chi connectivity index (χ3n) is 6.19. The summed E-state index contributed by atoms with van der Waals surface area (Å²) >= 11 is 1.44. The van der Waals surface area contributed by atoms with Crippen LogP contribution in [0.25, 0.3) is 21.6 Å². The number of thiophene rings is 1. The van der Waals surface area contributed by atoms with Crippen LogP contribution in [0.15, 0.2) is 30.3 Å². The Morgan fingerprint density at radius 1 is 1.12 bits per heavy atom. The van der Waals surface area contributed by atoms with Crippen molar-refractivity contribution in [2.24, 2.45) is 5.41 Å². The fourth-order valence-corrected chi connectivity index (χ4v) is 4.88. The molecule has 0 spiro atoms. The summed E-state index contributed by atoms with van der Waals surface area (Å²) in [5.74, 6) is 2.32. The predicted octanol–water partition coefficient (Wildman–Crippen LogP) is 5.25. The number of carbonyl (C=O) groups excluding carboxylic acids is 1. The zero-order chi connectivity index (χ0) is 22.9. The van der Waals surface area contributed by atoms with E-state index < -0.39 is 0 Å². The number of rotatable bonds is 6. The Labute approximate surface area is 195 Å². The van der Waals surface area contributed by atoms with Crippen LogP contribution in [-0.4, -0.2) is 52.3 Å². The van der Waals surface area contributed by atoms with Crippen LogP contribution in [0.5, 0.6) is 5.75 Å². The molecule has 2 aromatic heterocycles. The molecule has 4 rings (SSSR count). The number of aldehydes is 1. The summed E-state index contributed by atoms with van der Waals surface area (Å²) in [4.78, 5) is 24.0. The summed E-state index contributed by atoms with van der Waals surface area (Å²) < 4.78 is 12.7. The number of fused-ring (bicyclic) bond motifs is 1. The number of benzene rings is 1. The Bertz CT molecular complexity index is 1120. The summed E-state index contributed by atoms with van der Waals surface area (Å²) in [5.41, 5.74) is 1.83. The van der Waals surface area contributed by atoms with E-state index in [4.69, 9.17) is 19.1 Å². The van der Waals surface area contributed by atoms with E-state index in [1.807, 2.05) is 30.3 Å². The van der Waals surface area contributed by atoms with Crippen molar-refractivity contribution in [2.45, 2.75) is 39.7 Å². The Hall–Kier alpha value is -2.29. The van der Waals surface area contributed by atoms with Gasteiger partial charge in [0.1, 0.15) is 5.75 Å². The van der Waals surface area contributed by atoms with Crippen molar-refractivity contribution < 1.29 is 14.0 Å². The van der Waals surface area contributed by atoms with Crippen molar-refractivity contribution in [2.75, 3.05) is 31.2 Å². The number of anilines is 1. The molecule has 6 nitrogen and oxygen atoms in total. The molecule has 0 bridgehead atoms. The fourth-order valence-electron chi connectivity index (χ4n) is 3.15. The molecule has 3 heterocycles. The highest BCUT2D eigenvalue weighted by Crippen LogP contribution is 2.44. The molecule has 0 aliphatic carbocycles. The number of nitrogens with zero attached hydrogens (tertiary/aromatic N) is 3. The van der Waals surface area contributed by atoms with E-state index >= 15 is 0 Å². The molecule has 0 saturated carbocycles. The molecule has 0 N–H and O–H groups in total. The lowest BCUT2D eigenvalue weighted by Crippen LogP contribution is -2.36. The maximum absolute atomic E-state index is 11.4. The van der Waals surface area contributed by atoms with Crippen LogP contribution < -0.4 is 9.33 Å². The van der Waals surface area contributed by atoms with Gasteiger partial charge in [0, 0.05) is 23.7 Å². The standard InChI is InChI=1S/C24H29N3O3SSi/c1-23(2,3)24(4,5)32-30-17-8-6-7-16(13-17)21-25-19-14-18(15-28)31-20(19)22(26-21)27-9-11-29-12-10-27/h6-8,13-15H,9-12H2,1-5H3. The molecule has 8 heteroatoms. The van der Waals surface area contributed by atoms with Gasteiger partial charge in [-0.05, 0) is 23.6 Å². The molecule has 1 aromatic carbocycles. The molecule has 0 amide bonds. The third kappa shape index (κ3) is 4.72. The second kappa shape index (κ2) is 8.92. The van der Waals surface area contributed by atoms with Gasteiger partial charge in [-0.15, -0.1) is 11.3 Å². The molecule has 0 atom stereocenters. The number of ether oxygens (including phenoxy) is 1. The molecule has 1 saturated heterocycles. The minimum absolute atomic E-state index is 0.0455. The first-order chi connectivity index (χ1) is 15.2. The minimum atomic E-state index is 0.0455. The van der Waals surface area contributed by atoms with Gasteiger partial charge in [-0.1, -0.05) is 46.8 Å². The van der Waals surface area contributed by atoms with Crippen LogP contribution in [0, 0.1) is 5.41 Å². The van der Waals surface area contributed by atoms with Crippen molar-refractivity contribution >= 4 is 43.4 Å². The van der Waals surface area contributed by atoms with E-state index in [0.29, 0.717) is 33.7 Å². The van der Waals surface area contributed by atoms with Gasteiger partial charge in [-0.25, -0.2) is 9.97 Å². The molecule has 32 heavy (non-hydrogen) atoms. The van der Waals surface area contributed by atoms with E-state index in [-0.39, 0.29) is 10.5 Å². The van der Waals surface area contributed by atoms with E-state index in [1.54, 1.807) is 0 Å². The predicted molar refractivity (Wildman–Crippen MR) is 131 cm³/mol. The number of morpholine rings is 1. The lowest BCUT2D eigenvalue weighted by atomic mass is 9.82. The Balaban J connectivity index is 1.69. The van der Waals surface area contributed by atoms with Crippen LogP contribution in [-0.2, 0) is 4.74 Å². The fraction of sp³-hybridized carbons (Fsp3) is 0.458. The Morgan fingerprint density at radius 3 is 2.56 bits per heavy atom. The van der Waals surface area contributed by atoms with E-state index in [9.17, 15) is 4.79 Å². The molecule has 1 fully saturated rings. The second-order valence-corrected chi connectivity index (χ2v) is 12.3. The van der Waals surface area contributed by atoms with Gasteiger partial charge in [0.15, 0.2) is 17.9 Å². The molecule has 0 unspecified atom stereocenters. The van der Waals surface area contributed by atoms with Gasteiger partial charge < -0.3 is 14.1 Å². The number of hydrogen-bond acceptors (Lipinski definition) is 7. The molecule has 1 aliphatic rings. The van der Waals surface area contributed by atoms with Gasteiger partial charge in [0.25, 0.3) is 0 Å². The maximum atomic E-state index is 11.4. The number of carbonyl (C=O) groups is 1. The van der Waals surface area contributed by atoms with E-state index in [2.05, 4.69) is 39.5 Å². The van der Waals surface area contributed by atoms with Crippen molar-refractivity contribution in [1.82, 2.24) is 9.97 Å². The smallest absolute Gasteiger partial charge is 0.317 e. The maximum Gasteiger partial charge on any atom is 0.317 e. The van der Waals surface area contributed by atoms with Crippen molar-refractivity contribution in [3.05, 3.63) is 35.2 Å². The topological polar surface area (TPSA) is 64.6 Å². The van der Waals surface area contributed by atoms with Crippen LogP contribution >= 0.6 is 11.3 Å². The average molecular weight is 468 g/mol. The molecule has 2 radical (unpaired) electrons. The molecule has 1 aliphatic heterocycles. The highest BCUT2D eigenvalue weighted by atomic mass is 32.1. The number of aromatic nitrogens is 2. The van der Waals surface area contributed by atoms with Gasteiger partial charge in [-0.2, -0.15) is 0 Å². The van der Waals surface area contributed by atoms with E-state index in [1.165, 1.54) is 11.3 Å². The molecule has 3 aromatic rings. The summed E-state index contributed by atoms with van der Waals surface area (Å²) in [6.45, 7) is 14.1. The SMILES string of the molecule is CC(C)(C)C(C)(C)[Si]Oc1cccc(-c2nc(N3CCOCC3)c3sc(C=O)cc3n2)c1. The van der Waals surface area contributed by atoms with Crippen molar-refractivity contribution in [1.29, 1.82) is 0 Å². The zero-order valence-corrected chi connectivity index (χ0v) is 21.1. The minimum Gasteiger partial charge on any atom is -0.540 e. The summed E-state index contributed by atoms with van der Waals surface area (Å²) in [6, 6.07) is 9.80. The monoisotopic (exact) mass is 467 g/mol. The zero-order valence-electron chi connectivity index (χ0n) is 19.3. The van der Waals surface area contributed by atoms with Gasteiger partial charge in [-0.3, -0.25) is 4.79 Å².